The molecule has 0 saturated heterocycles. The molecule has 92 valence electrons. The number of benzene rings is 1. The number of amides is 1. The zero-order chi connectivity index (χ0) is 12.5. The molecule has 0 heterocycles. The second-order valence-corrected chi connectivity index (χ2v) is 5.32. The van der Waals surface area contributed by atoms with Crippen molar-refractivity contribution in [1.82, 2.24) is 5.32 Å². The first-order chi connectivity index (χ1) is 8.06. The van der Waals surface area contributed by atoms with Crippen molar-refractivity contribution in [2.75, 3.05) is 5.33 Å². The molecule has 0 aromatic heterocycles. The number of alkyl halides is 1. The van der Waals surface area contributed by atoms with Crippen LogP contribution in [0.2, 0.25) is 5.02 Å². The summed E-state index contributed by atoms with van der Waals surface area (Å²) in [6.45, 7) is 0. The van der Waals surface area contributed by atoms with Crippen LogP contribution < -0.4 is 5.32 Å². The van der Waals surface area contributed by atoms with Gasteiger partial charge < -0.3 is 5.32 Å². The number of hydrogen-bond donors (Lipinski definition) is 1. The topological polar surface area (TPSA) is 29.1 Å². The fraction of sp³-hybridized carbons (Fsp3) is 0.417. The summed E-state index contributed by atoms with van der Waals surface area (Å²) in [5, 5.41) is 3.70. The van der Waals surface area contributed by atoms with Crippen molar-refractivity contribution in [2.24, 2.45) is 0 Å². The Morgan fingerprint density at radius 1 is 1.53 bits per heavy atom. The van der Waals surface area contributed by atoms with Crippen LogP contribution in [0, 0.1) is 5.82 Å². The summed E-state index contributed by atoms with van der Waals surface area (Å²) >= 11 is 8.97. The zero-order valence-electron chi connectivity index (χ0n) is 9.10. The van der Waals surface area contributed by atoms with Crippen LogP contribution in [0.15, 0.2) is 18.2 Å². The van der Waals surface area contributed by atoms with Crippen molar-refractivity contribution in [1.29, 1.82) is 0 Å². The number of nitrogens with one attached hydrogen (secondary N) is 1. The van der Waals surface area contributed by atoms with Crippen LogP contribution in [0.1, 0.15) is 29.6 Å². The molecule has 1 aromatic carbocycles. The van der Waals surface area contributed by atoms with Crippen molar-refractivity contribution < 1.29 is 9.18 Å². The summed E-state index contributed by atoms with van der Waals surface area (Å²) < 4.78 is 13.2. The van der Waals surface area contributed by atoms with Gasteiger partial charge in [0.1, 0.15) is 5.82 Å². The van der Waals surface area contributed by atoms with Gasteiger partial charge in [0.2, 0.25) is 0 Å². The molecule has 2 rings (SSSR count). The maximum Gasteiger partial charge on any atom is 0.251 e. The molecule has 1 amide bonds. The molecule has 0 aliphatic heterocycles. The quantitative estimate of drug-likeness (QED) is 0.848. The van der Waals surface area contributed by atoms with E-state index >= 15 is 0 Å². The highest BCUT2D eigenvalue weighted by molar-refractivity contribution is 9.09. The first-order valence-corrected chi connectivity index (χ1v) is 6.90. The molecule has 5 heteroatoms. The van der Waals surface area contributed by atoms with Crippen LogP contribution in [0.25, 0.3) is 0 Å². The minimum atomic E-state index is -0.569. The van der Waals surface area contributed by atoms with Crippen molar-refractivity contribution in [3.63, 3.8) is 0 Å². The standard InChI is InChI=1S/C12H12BrClFNO/c13-7-12(4-1-5-12)16-11(17)8-2-3-9(14)10(15)6-8/h2-3,6H,1,4-5,7H2,(H,16,17). The van der Waals surface area contributed by atoms with Gasteiger partial charge in [-0.05, 0) is 37.5 Å². The van der Waals surface area contributed by atoms with Gasteiger partial charge in [-0.2, -0.15) is 0 Å². The predicted octanol–water partition coefficient (Wildman–Crippen LogP) is 3.53. The lowest BCUT2D eigenvalue weighted by atomic mass is 9.78. The van der Waals surface area contributed by atoms with Crippen LogP contribution in [-0.2, 0) is 0 Å². The first-order valence-electron chi connectivity index (χ1n) is 5.40. The molecule has 1 saturated carbocycles. The Morgan fingerprint density at radius 2 is 2.24 bits per heavy atom. The van der Waals surface area contributed by atoms with E-state index in [0.29, 0.717) is 5.56 Å². The van der Waals surface area contributed by atoms with Gasteiger partial charge in [-0.1, -0.05) is 27.5 Å². The Labute approximate surface area is 113 Å². The Morgan fingerprint density at radius 3 is 2.71 bits per heavy atom. The number of hydrogen-bond acceptors (Lipinski definition) is 1. The van der Waals surface area contributed by atoms with Gasteiger partial charge in [0.05, 0.1) is 10.6 Å². The molecule has 1 aromatic rings. The Bertz CT molecular complexity index is 443. The van der Waals surface area contributed by atoms with E-state index in [1.807, 2.05) is 0 Å². The van der Waals surface area contributed by atoms with E-state index in [2.05, 4.69) is 21.2 Å². The fourth-order valence-electron chi connectivity index (χ4n) is 1.85. The molecule has 0 unspecified atom stereocenters. The second kappa shape index (κ2) is 4.94. The smallest absolute Gasteiger partial charge is 0.251 e. The molecule has 17 heavy (non-hydrogen) atoms. The van der Waals surface area contributed by atoms with Crippen LogP contribution in [0.4, 0.5) is 4.39 Å². The van der Waals surface area contributed by atoms with Crippen LogP contribution in [0.3, 0.4) is 0 Å². The van der Waals surface area contributed by atoms with E-state index in [1.54, 1.807) is 0 Å². The highest BCUT2D eigenvalue weighted by Crippen LogP contribution is 2.33. The average Bonchev–Trinajstić information content (AvgIpc) is 2.27. The van der Waals surface area contributed by atoms with Gasteiger partial charge in [0.25, 0.3) is 5.91 Å². The third-order valence-corrected chi connectivity index (χ3v) is 4.51. The van der Waals surface area contributed by atoms with Crippen LogP contribution in [-0.4, -0.2) is 16.8 Å². The summed E-state index contributed by atoms with van der Waals surface area (Å²) in [5.74, 6) is -0.819. The minimum absolute atomic E-state index is 0.0281. The van der Waals surface area contributed by atoms with Gasteiger partial charge in [-0.25, -0.2) is 4.39 Å². The average molecular weight is 321 g/mol. The summed E-state index contributed by atoms with van der Waals surface area (Å²) in [4.78, 5) is 11.9. The zero-order valence-corrected chi connectivity index (χ0v) is 11.4. The van der Waals surface area contributed by atoms with E-state index in [-0.39, 0.29) is 16.5 Å². The largest absolute Gasteiger partial charge is 0.346 e. The third kappa shape index (κ3) is 2.63. The van der Waals surface area contributed by atoms with Gasteiger partial charge in [0.15, 0.2) is 0 Å². The summed E-state index contributed by atoms with van der Waals surface area (Å²) in [5.41, 5.74) is 0.145. The molecular weight excluding hydrogens is 308 g/mol. The van der Waals surface area contributed by atoms with E-state index < -0.39 is 5.82 Å². The van der Waals surface area contributed by atoms with Gasteiger partial charge in [-0.3, -0.25) is 4.79 Å². The van der Waals surface area contributed by atoms with Gasteiger partial charge in [0, 0.05) is 10.9 Å². The second-order valence-electron chi connectivity index (χ2n) is 4.35. The summed E-state index contributed by atoms with van der Waals surface area (Å²) in [6.07, 6.45) is 3.03. The van der Waals surface area contributed by atoms with Gasteiger partial charge >= 0.3 is 0 Å². The molecule has 1 N–H and O–H groups in total. The molecule has 0 atom stereocenters. The minimum Gasteiger partial charge on any atom is -0.346 e. The molecule has 2 nitrogen and oxygen atoms in total. The van der Waals surface area contributed by atoms with Crippen molar-refractivity contribution >= 4 is 33.4 Å². The predicted molar refractivity (Wildman–Crippen MR) is 69.3 cm³/mol. The lowest BCUT2D eigenvalue weighted by molar-refractivity contribution is 0.0856. The number of halogens is 3. The number of carbonyl (C=O) groups is 1. The molecule has 0 bridgehead atoms. The fourth-order valence-corrected chi connectivity index (χ4v) is 2.66. The SMILES string of the molecule is O=C(NC1(CBr)CCC1)c1ccc(Cl)c(F)c1. The highest BCUT2D eigenvalue weighted by atomic mass is 79.9. The Hall–Kier alpha value is -0.610. The highest BCUT2D eigenvalue weighted by Gasteiger charge is 2.37. The molecule has 1 aliphatic rings. The molecular formula is C12H12BrClFNO. The molecule has 0 radical (unpaired) electrons. The lowest BCUT2D eigenvalue weighted by Crippen LogP contribution is -2.54. The molecule has 1 fully saturated rings. The molecule has 0 spiro atoms. The van der Waals surface area contributed by atoms with Crippen molar-refractivity contribution in [2.45, 2.75) is 24.8 Å². The van der Waals surface area contributed by atoms with E-state index in [0.717, 1.165) is 30.7 Å². The third-order valence-electron chi connectivity index (χ3n) is 3.13. The van der Waals surface area contributed by atoms with E-state index in [9.17, 15) is 9.18 Å². The van der Waals surface area contributed by atoms with Crippen molar-refractivity contribution in [3.05, 3.63) is 34.6 Å². The Kier molecular flexibility index (Phi) is 3.73. The lowest BCUT2D eigenvalue weighted by Gasteiger charge is -2.41. The first kappa shape index (κ1) is 12.8. The van der Waals surface area contributed by atoms with Crippen LogP contribution >= 0.6 is 27.5 Å². The normalized spacial score (nSPS) is 17.4. The van der Waals surface area contributed by atoms with E-state index in [1.165, 1.54) is 12.1 Å². The maximum atomic E-state index is 13.2. The van der Waals surface area contributed by atoms with Gasteiger partial charge in [-0.15, -0.1) is 0 Å². The molecule has 1 aliphatic carbocycles. The number of carbonyl (C=O) groups excluding carboxylic acids is 1. The summed E-state index contributed by atoms with van der Waals surface area (Å²) in [7, 11) is 0. The van der Waals surface area contributed by atoms with Crippen molar-refractivity contribution in [3.8, 4) is 0 Å². The van der Waals surface area contributed by atoms with E-state index in [4.69, 9.17) is 11.6 Å². The van der Waals surface area contributed by atoms with Crippen LogP contribution in [0.5, 0.6) is 0 Å². The number of rotatable bonds is 3. The Balaban J connectivity index is 2.11. The summed E-state index contributed by atoms with van der Waals surface area (Å²) in [6, 6.07) is 4.09. The maximum absolute atomic E-state index is 13.2. The monoisotopic (exact) mass is 319 g/mol.